The van der Waals surface area contributed by atoms with Gasteiger partial charge in [0.1, 0.15) is 5.75 Å². The summed E-state index contributed by atoms with van der Waals surface area (Å²) in [4.78, 5) is 42.6. The second-order valence-corrected chi connectivity index (χ2v) is 12.4. The van der Waals surface area contributed by atoms with Crippen molar-refractivity contribution >= 4 is 69.5 Å². The normalized spacial score (nSPS) is 15.8. The van der Waals surface area contributed by atoms with E-state index in [1.54, 1.807) is 73.3 Å². The maximum Gasteiger partial charge on any atom is 0.347 e. The largest absolute Gasteiger partial charge is 0.507 e. The van der Waals surface area contributed by atoms with Gasteiger partial charge in [0.15, 0.2) is 6.17 Å². The fourth-order valence-electron chi connectivity index (χ4n) is 5.66. The number of hydrogen-bond donors (Lipinski definition) is 4. The highest BCUT2D eigenvalue weighted by molar-refractivity contribution is 6.31. The Morgan fingerprint density at radius 1 is 0.979 bits per heavy atom. The minimum atomic E-state index is -1.14. The van der Waals surface area contributed by atoms with Crippen molar-refractivity contribution in [2.24, 2.45) is 5.10 Å². The number of fused-ring (bicyclic) bond motifs is 1. The van der Waals surface area contributed by atoms with Crippen LogP contribution in [0, 0.1) is 0 Å². The monoisotopic (exact) mass is 676 g/mol. The molecule has 13 heteroatoms. The number of carbonyl (C=O) groups is 3. The molecule has 1 aliphatic rings. The highest BCUT2D eigenvalue weighted by Gasteiger charge is 2.55. The van der Waals surface area contributed by atoms with Gasteiger partial charge >= 0.3 is 12.1 Å². The van der Waals surface area contributed by atoms with Crippen LogP contribution in [0.5, 0.6) is 5.75 Å². The van der Waals surface area contributed by atoms with Crippen molar-refractivity contribution < 1.29 is 24.7 Å². The summed E-state index contributed by atoms with van der Waals surface area (Å²) in [5.41, 5.74) is 2.68. The third-order valence-electron chi connectivity index (χ3n) is 7.98. The highest BCUT2D eigenvalue weighted by Crippen LogP contribution is 2.39. The topological polar surface area (TPSA) is 138 Å². The Morgan fingerprint density at radius 2 is 1.70 bits per heavy atom. The van der Waals surface area contributed by atoms with Crippen molar-refractivity contribution in [1.29, 1.82) is 0 Å². The van der Waals surface area contributed by atoms with Gasteiger partial charge in [-0.15, -0.1) is 0 Å². The number of hydrazone groups is 1. The number of carbonyl (C=O) groups excluding carboxylic acids is 3. The van der Waals surface area contributed by atoms with E-state index in [1.165, 1.54) is 17.2 Å². The van der Waals surface area contributed by atoms with Gasteiger partial charge in [0.2, 0.25) is 5.91 Å². The molecule has 1 unspecified atom stereocenters. The lowest BCUT2D eigenvalue weighted by Crippen LogP contribution is -2.58. The Balaban J connectivity index is 1.24. The Labute approximate surface area is 281 Å². The molecule has 1 atom stereocenters. The van der Waals surface area contributed by atoms with Crippen LogP contribution >= 0.6 is 23.2 Å². The fraction of sp³-hybridized carbons (Fsp3) is 0.235. The maximum atomic E-state index is 13.9. The van der Waals surface area contributed by atoms with Crippen LogP contribution < -0.4 is 15.6 Å². The molecule has 5 amide bonds. The van der Waals surface area contributed by atoms with E-state index in [4.69, 9.17) is 23.2 Å². The molecule has 0 bridgehead atoms. The average Bonchev–Trinajstić information content (AvgIpc) is 3.23. The van der Waals surface area contributed by atoms with E-state index in [1.807, 2.05) is 24.3 Å². The molecule has 4 aromatic rings. The van der Waals surface area contributed by atoms with E-state index in [0.717, 1.165) is 10.8 Å². The molecule has 4 N–H and O–H groups in total. The number of unbranched alkanes of at least 4 members (excludes halogenated alkanes) is 1. The number of amides is 5. The van der Waals surface area contributed by atoms with Gasteiger partial charge in [-0.25, -0.2) is 15.0 Å². The molecule has 1 fully saturated rings. The summed E-state index contributed by atoms with van der Waals surface area (Å²) < 4.78 is 0. The number of nitrogens with zero attached hydrogens (tertiary/aromatic N) is 4. The van der Waals surface area contributed by atoms with Crippen molar-refractivity contribution in [3.05, 3.63) is 101 Å². The van der Waals surface area contributed by atoms with E-state index in [2.05, 4.69) is 15.8 Å². The number of aromatic hydroxyl groups is 1. The number of rotatable bonds is 10. The Bertz CT molecular complexity index is 1830. The number of nitrogens with one attached hydrogen (secondary N) is 2. The third-order valence-corrected chi connectivity index (χ3v) is 8.45. The van der Waals surface area contributed by atoms with Gasteiger partial charge in [-0.05, 0) is 79.9 Å². The quantitative estimate of drug-likeness (QED) is 0.0598. The molecule has 1 saturated heterocycles. The summed E-state index contributed by atoms with van der Waals surface area (Å²) in [7, 11) is 0. The molecule has 11 nitrogen and oxygen atoms in total. The zero-order chi connectivity index (χ0) is 33.7. The minimum absolute atomic E-state index is 0.0492. The van der Waals surface area contributed by atoms with Gasteiger partial charge in [0, 0.05) is 39.9 Å². The van der Waals surface area contributed by atoms with Crippen LogP contribution in [0.1, 0.15) is 38.7 Å². The molecule has 0 saturated carbocycles. The van der Waals surface area contributed by atoms with Gasteiger partial charge in [-0.1, -0.05) is 65.7 Å². The van der Waals surface area contributed by atoms with E-state index in [-0.39, 0.29) is 24.6 Å². The van der Waals surface area contributed by atoms with Crippen LogP contribution in [0.2, 0.25) is 10.0 Å². The minimum Gasteiger partial charge on any atom is -0.507 e. The first-order chi connectivity index (χ1) is 22.5. The molecule has 244 valence electrons. The van der Waals surface area contributed by atoms with Crippen LogP contribution in [-0.2, 0) is 4.79 Å². The predicted octanol–water partition coefficient (Wildman–Crippen LogP) is 7.44. The Kier molecular flexibility index (Phi) is 10.2. The molecule has 4 aromatic carbocycles. The first-order valence-electron chi connectivity index (χ1n) is 14.9. The van der Waals surface area contributed by atoms with Crippen molar-refractivity contribution in [2.45, 2.75) is 44.8 Å². The molecule has 0 spiro atoms. The maximum absolute atomic E-state index is 13.9. The van der Waals surface area contributed by atoms with Crippen molar-refractivity contribution in [3.8, 4) is 5.75 Å². The van der Waals surface area contributed by atoms with Gasteiger partial charge in [-0.2, -0.15) is 10.2 Å². The summed E-state index contributed by atoms with van der Waals surface area (Å²) in [5, 5.41) is 31.2. The van der Waals surface area contributed by atoms with Crippen LogP contribution in [0.15, 0.2) is 90.0 Å². The number of anilines is 2. The van der Waals surface area contributed by atoms with Gasteiger partial charge < -0.3 is 15.3 Å². The molecule has 0 aliphatic carbocycles. The number of halogens is 2. The van der Waals surface area contributed by atoms with Crippen molar-refractivity contribution in [2.75, 3.05) is 16.8 Å². The molecule has 1 aliphatic heterocycles. The van der Waals surface area contributed by atoms with Crippen LogP contribution in [0.3, 0.4) is 0 Å². The second-order valence-electron chi connectivity index (χ2n) is 11.6. The lowest BCUT2D eigenvalue weighted by Gasteiger charge is -2.38. The number of urea groups is 2. The smallest absolute Gasteiger partial charge is 0.347 e. The second kappa shape index (κ2) is 14.3. The molecular formula is C34H34Cl2N6O5. The zero-order valence-electron chi connectivity index (χ0n) is 25.7. The van der Waals surface area contributed by atoms with Crippen LogP contribution in [0.4, 0.5) is 21.0 Å². The Morgan fingerprint density at radius 3 is 2.45 bits per heavy atom. The molecular weight excluding hydrogens is 643 g/mol. The number of phenols is 1. The SMILES string of the molecule is CC1(C)C(N(O)C(=O)Nc2cccc(Cl)c2)N(c2cccc(Cl)c2)C(=O)N1CCCCC(=O)N/N=C/c1c(O)ccc2ccccc12. The van der Waals surface area contributed by atoms with Crippen molar-refractivity contribution in [1.82, 2.24) is 15.4 Å². The van der Waals surface area contributed by atoms with Crippen LogP contribution in [0.25, 0.3) is 10.8 Å². The van der Waals surface area contributed by atoms with Crippen molar-refractivity contribution in [3.63, 3.8) is 0 Å². The standard InChI is InChI=1S/C34H34Cl2N6O5/c1-34(2)31(42(47)32(45)38-25-12-7-10-23(35)19-25)41(26-13-8-11-24(36)20-26)33(46)40(34)18-6-5-15-30(44)39-37-21-28-27-14-4-3-9-22(27)16-17-29(28)43/h3-4,7-14,16-17,19-21,31,43,47H,5-6,15,18H2,1-2H3,(H,38,45)(H,39,44)/b37-21+. The molecule has 47 heavy (non-hydrogen) atoms. The van der Waals surface area contributed by atoms with E-state index in [0.29, 0.717) is 44.9 Å². The Hall–Kier alpha value is -4.84. The number of hydrogen-bond acceptors (Lipinski definition) is 6. The highest BCUT2D eigenvalue weighted by atomic mass is 35.5. The lowest BCUT2D eigenvalue weighted by molar-refractivity contribution is -0.121. The lowest BCUT2D eigenvalue weighted by atomic mass is 9.99. The summed E-state index contributed by atoms with van der Waals surface area (Å²) in [6.45, 7) is 3.74. The molecule has 0 aromatic heterocycles. The first kappa shape index (κ1) is 33.5. The molecule has 0 radical (unpaired) electrons. The number of hydroxylamine groups is 2. The average molecular weight is 678 g/mol. The predicted molar refractivity (Wildman–Crippen MR) is 183 cm³/mol. The first-order valence-corrected chi connectivity index (χ1v) is 15.7. The van der Waals surface area contributed by atoms with E-state index < -0.39 is 23.8 Å². The summed E-state index contributed by atoms with van der Waals surface area (Å²) >= 11 is 12.3. The fourth-order valence-corrected chi connectivity index (χ4v) is 6.04. The summed E-state index contributed by atoms with van der Waals surface area (Å²) in [6.07, 6.45) is 1.29. The number of phenolic OH excluding ortho intramolecular Hbond substituents is 1. The zero-order valence-corrected chi connectivity index (χ0v) is 27.2. The number of benzene rings is 4. The van der Waals surface area contributed by atoms with E-state index in [9.17, 15) is 24.7 Å². The third kappa shape index (κ3) is 7.43. The van der Waals surface area contributed by atoms with Crippen LogP contribution in [-0.4, -0.2) is 62.7 Å². The van der Waals surface area contributed by atoms with Gasteiger partial charge in [0.05, 0.1) is 11.8 Å². The van der Waals surface area contributed by atoms with Gasteiger partial charge in [0.25, 0.3) is 0 Å². The molecule has 5 rings (SSSR count). The molecule has 1 heterocycles. The summed E-state index contributed by atoms with van der Waals surface area (Å²) in [6, 6.07) is 22.7. The van der Waals surface area contributed by atoms with E-state index >= 15 is 0 Å². The summed E-state index contributed by atoms with van der Waals surface area (Å²) in [5.74, 6) is -0.279. The van der Waals surface area contributed by atoms with Gasteiger partial charge in [-0.3, -0.25) is 14.9 Å².